The van der Waals surface area contributed by atoms with Gasteiger partial charge in [0.15, 0.2) is 5.76 Å². The summed E-state index contributed by atoms with van der Waals surface area (Å²) in [7, 11) is 0. The van der Waals surface area contributed by atoms with Crippen LogP contribution in [0.1, 0.15) is 26.5 Å². The third kappa shape index (κ3) is 2.71. The van der Waals surface area contributed by atoms with Crippen molar-refractivity contribution in [2.24, 2.45) is 5.73 Å². The molecule has 2 heterocycles. The number of carbonyl (C=O) groups excluding carboxylic acids is 2. The molecule has 112 valence electrons. The first kappa shape index (κ1) is 13.9. The molecule has 0 unspecified atom stereocenters. The Morgan fingerprint density at radius 1 is 1.18 bits per heavy atom. The van der Waals surface area contributed by atoms with Crippen LogP contribution in [0.5, 0.6) is 0 Å². The third-order valence-electron chi connectivity index (χ3n) is 3.36. The fraction of sp³-hybridized carbons (Fsp3) is 0.125. The van der Waals surface area contributed by atoms with Crippen LogP contribution in [0.25, 0.3) is 11.0 Å². The summed E-state index contributed by atoms with van der Waals surface area (Å²) in [5.41, 5.74) is 7.29. The maximum Gasteiger partial charge on any atom is 0.286 e. The average Bonchev–Trinajstić information content (AvgIpc) is 3.16. The number of fused-ring (bicyclic) bond motifs is 1. The zero-order valence-corrected chi connectivity index (χ0v) is 11.7. The Hall–Kier alpha value is -3.02. The maximum absolute atomic E-state index is 11.8. The molecule has 1 aromatic carbocycles. The molecule has 3 aromatic rings. The highest BCUT2D eigenvalue weighted by Gasteiger charge is 2.11. The molecule has 22 heavy (non-hydrogen) atoms. The van der Waals surface area contributed by atoms with Gasteiger partial charge in [0, 0.05) is 17.5 Å². The molecule has 0 aliphatic heterocycles. The first-order chi connectivity index (χ1) is 10.6. The van der Waals surface area contributed by atoms with Gasteiger partial charge >= 0.3 is 0 Å². The van der Waals surface area contributed by atoms with Crippen molar-refractivity contribution in [1.82, 2.24) is 5.32 Å². The van der Waals surface area contributed by atoms with Gasteiger partial charge in [-0.05, 0) is 42.3 Å². The summed E-state index contributed by atoms with van der Waals surface area (Å²) in [5, 5.41) is 3.58. The zero-order chi connectivity index (χ0) is 15.5. The SMILES string of the molecule is NC(=O)c1ccc2occ(CCNC(=O)c3ccco3)c2c1. The fourth-order valence-corrected chi connectivity index (χ4v) is 2.23. The van der Waals surface area contributed by atoms with E-state index < -0.39 is 5.91 Å². The average molecular weight is 298 g/mol. The van der Waals surface area contributed by atoms with Crippen molar-refractivity contribution in [2.75, 3.05) is 6.54 Å². The molecule has 3 rings (SSSR count). The number of rotatable bonds is 5. The molecular weight excluding hydrogens is 284 g/mol. The van der Waals surface area contributed by atoms with Crippen LogP contribution in [0.3, 0.4) is 0 Å². The molecule has 0 aliphatic rings. The second-order valence-electron chi connectivity index (χ2n) is 4.82. The lowest BCUT2D eigenvalue weighted by atomic mass is 10.1. The minimum absolute atomic E-state index is 0.268. The van der Waals surface area contributed by atoms with Crippen LogP contribution in [-0.4, -0.2) is 18.4 Å². The zero-order valence-electron chi connectivity index (χ0n) is 11.7. The van der Waals surface area contributed by atoms with Crippen LogP contribution >= 0.6 is 0 Å². The van der Waals surface area contributed by atoms with Crippen molar-refractivity contribution in [1.29, 1.82) is 0 Å². The number of nitrogens with two attached hydrogens (primary N) is 1. The van der Waals surface area contributed by atoms with Crippen LogP contribution in [-0.2, 0) is 6.42 Å². The molecular formula is C16H14N2O4. The summed E-state index contributed by atoms with van der Waals surface area (Å²) in [6, 6.07) is 8.29. The van der Waals surface area contributed by atoms with Crippen molar-refractivity contribution in [3.63, 3.8) is 0 Å². The van der Waals surface area contributed by atoms with E-state index in [0.29, 0.717) is 24.1 Å². The highest BCUT2D eigenvalue weighted by molar-refractivity contribution is 5.97. The Morgan fingerprint density at radius 2 is 2.05 bits per heavy atom. The van der Waals surface area contributed by atoms with Crippen molar-refractivity contribution in [3.8, 4) is 0 Å². The lowest BCUT2D eigenvalue weighted by Crippen LogP contribution is -2.25. The van der Waals surface area contributed by atoms with Gasteiger partial charge in [-0.1, -0.05) is 0 Å². The predicted octanol–water partition coefficient (Wildman–Crippen LogP) is 2.10. The second-order valence-corrected chi connectivity index (χ2v) is 4.82. The molecule has 0 saturated carbocycles. The van der Waals surface area contributed by atoms with Crippen LogP contribution < -0.4 is 11.1 Å². The summed E-state index contributed by atoms with van der Waals surface area (Å²) >= 11 is 0. The lowest BCUT2D eigenvalue weighted by Gasteiger charge is -2.02. The summed E-state index contributed by atoms with van der Waals surface area (Å²) in [5.74, 6) is -0.483. The van der Waals surface area contributed by atoms with Crippen molar-refractivity contribution in [2.45, 2.75) is 6.42 Å². The summed E-state index contributed by atoms with van der Waals surface area (Å²) in [6.45, 7) is 0.426. The fourth-order valence-electron chi connectivity index (χ4n) is 2.23. The van der Waals surface area contributed by atoms with Crippen LogP contribution in [0.2, 0.25) is 0 Å². The molecule has 0 aliphatic carbocycles. The third-order valence-corrected chi connectivity index (χ3v) is 3.36. The number of amides is 2. The molecule has 2 amide bonds. The smallest absolute Gasteiger partial charge is 0.286 e. The van der Waals surface area contributed by atoms with E-state index >= 15 is 0 Å². The number of primary amides is 1. The van der Waals surface area contributed by atoms with E-state index in [0.717, 1.165) is 10.9 Å². The molecule has 0 fully saturated rings. The van der Waals surface area contributed by atoms with Gasteiger partial charge in [-0.25, -0.2) is 0 Å². The van der Waals surface area contributed by atoms with Crippen molar-refractivity contribution in [3.05, 3.63) is 59.7 Å². The van der Waals surface area contributed by atoms with E-state index in [2.05, 4.69) is 5.32 Å². The summed E-state index contributed by atoms with van der Waals surface area (Å²) in [4.78, 5) is 23.0. The normalized spacial score (nSPS) is 10.7. The predicted molar refractivity (Wildman–Crippen MR) is 79.5 cm³/mol. The van der Waals surface area contributed by atoms with Gasteiger partial charge in [0.05, 0.1) is 12.5 Å². The van der Waals surface area contributed by atoms with Crippen molar-refractivity contribution >= 4 is 22.8 Å². The Bertz CT molecular complexity index is 818. The molecule has 2 aromatic heterocycles. The number of hydrogen-bond acceptors (Lipinski definition) is 4. The van der Waals surface area contributed by atoms with Crippen LogP contribution in [0, 0.1) is 0 Å². The number of furan rings is 2. The lowest BCUT2D eigenvalue weighted by molar-refractivity contribution is 0.0925. The monoisotopic (exact) mass is 298 g/mol. The molecule has 0 bridgehead atoms. The molecule has 6 heteroatoms. The Morgan fingerprint density at radius 3 is 2.77 bits per heavy atom. The largest absolute Gasteiger partial charge is 0.464 e. The number of nitrogens with one attached hydrogen (secondary N) is 1. The summed E-state index contributed by atoms with van der Waals surface area (Å²) < 4.78 is 10.4. The number of benzene rings is 1. The van der Waals surface area contributed by atoms with Gasteiger partial charge in [-0.15, -0.1) is 0 Å². The molecule has 3 N–H and O–H groups in total. The Labute approximate surface area is 125 Å². The molecule has 0 atom stereocenters. The summed E-state index contributed by atoms with van der Waals surface area (Å²) in [6.07, 6.45) is 3.64. The minimum Gasteiger partial charge on any atom is -0.464 e. The van der Waals surface area contributed by atoms with Crippen molar-refractivity contribution < 1.29 is 18.4 Å². The van der Waals surface area contributed by atoms with E-state index in [9.17, 15) is 9.59 Å². The quantitative estimate of drug-likeness (QED) is 0.753. The maximum atomic E-state index is 11.8. The number of hydrogen-bond donors (Lipinski definition) is 2. The topological polar surface area (TPSA) is 98.5 Å². The highest BCUT2D eigenvalue weighted by atomic mass is 16.3. The molecule has 6 nitrogen and oxygen atoms in total. The van der Waals surface area contributed by atoms with Gasteiger partial charge in [0.1, 0.15) is 5.58 Å². The van der Waals surface area contributed by atoms with Gasteiger partial charge in [-0.3, -0.25) is 9.59 Å². The standard InChI is InChI=1S/C16H14N2O4/c17-15(19)10-3-4-13-12(8-10)11(9-22-13)5-6-18-16(20)14-2-1-7-21-14/h1-4,7-9H,5-6H2,(H2,17,19)(H,18,20). The second kappa shape index (κ2) is 5.77. The van der Waals surface area contributed by atoms with Gasteiger partial charge in [0.2, 0.25) is 5.91 Å². The van der Waals surface area contributed by atoms with E-state index in [-0.39, 0.29) is 11.7 Å². The van der Waals surface area contributed by atoms with Gasteiger partial charge < -0.3 is 19.9 Å². The Kier molecular flexibility index (Phi) is 3.65. The van der Waals surface area contributed by atoms with E-state index in [4.69, 9.17) is 14.6 Å². The van der Waals surface area contributed by atoms with Crippen LogP contribution in [0.4, 0.5) is 0 Å². The molecule has 0 radical (unpaired) electrons. The van der Waals surface area contributed by atoms with Gasteiger partial charge in [-0.2, -0.15) is 0 Å². The number of carbonyl (C=O) groups is 2. The first-order valence-corrected chi connectivity index (χ1v) is 6.77. The minimum atomic E-state index is -0.486. The highest BCUT2D eigenvalue weighted by Crippen LogP contribution is 2.22. The molecule has 0 spiro atoms. The van der Waals surface area contributed by atoms with E-state index in [1.807, 2.05) is 0 Å². The van der Waals surface area contributed by atoms with Crippen LogP contribution in [0.15, 0.2) is 51.7 Å². The van der Waals surface area contributed by atoms with Gasteiger partial charge in [0.25, 0.3) is 5.91 Å². The molecule has 0 saturated heterocycles. The van der Waals surface area contributed by atoms with E-state index in [1.165, 1.54) is 6.26 Å². The first-order valence-electron chi connectivity index (χ1n) is 6.77. The Balaban J connectivity index is 1.70. The van der Waals surface area contributed by atoms with E-state index in [1.54, 1.807) is 36.6 Å².